The fourth-order valence-electron chi connectivity index (χ4n) is 2.99. The number of nitrogens with zero attached hydrogens (tertiary/aromatic N) is 5. The van der Waals surface area contributed by atoms with Crippen molar-refractivity contribution in [3.8, 4) is 11.5 Å². The van der Waals surface area contributed by atoms with Crippen molar-refractivity contribution in [1.29, 1.82) is 0 Å². The molecule has 10 nitrogen and oxygen atoms in total. The molecule has 3 heterocycles. The topological polar surface area (TPSA) is 102 Å². The second-order valence-corrected chi connectivity index (χ2v) is 7.38. The molecule has 0 aliphatic carbocycles. The summed E-state index contributed by atoms with van der Waals surface area (Å²) in [6.07, 6.45) is 1.63. The molecule has 0 saturated carbocycles. The molecule has 4 rings (SSSR count). The quantitative estimate of drug-likeness (QED) is 0.535. The van der Waals surface area contributed by atoms with Gasteiger partial charge in [-0.2, -0.15) is 0 Å². The van der Waals surface area contributed by atoms with E-state index in [1.54, 1.807) is 23.4 Å². The Balaban J connectivity index is 1.24. The first-order valence-corrected chi connectivity index (χ1v) is 9.80. The van der Waals surface area contributed by atoms with E-state index in [1.807, 2.05) is 17.7 Å². The van der Waals surface area contributed by atoms with Crippen LogP contribution in [0.4, 0.5) is 10.5 Å². The van der Waals surface area contributed by atoms with E-state index in [1.165, 1.54) is 16.7 Å². The van der Waals surface area contributed by atoms with Crippen LogP contribution in [-0.4, -0.2) is 70.3 Å². The van der Waals surface area contributed by atoms with Crippen molar-refractivity contribution in [3.63, 3.8) is 0 Å². The van der Waals surface area contributed by atoms with Gasteiger partial charge in [0, 0.05) is 44.2 Å². The SMILES string of the molecule is Cn1cnnc1SCCNC(=O)CN1CCN(c2ccc3c(c2)OCO3)C1=O. The number of rotatable bonds is 7. The zero-order valence-corrected chi connectivity index (χ0v) is 16.1. The summed E-state index contributed by atoms with van der Waals surface area (Å²) < 4.78 is 12.5. The van der Waals surface area contributed by atoms with Gasteiger partial charge in [0.1, 0.15) is 12.9 Å². The first-order valence-electron chi connectivity index (χ1n) is 8.81. The van der Waals surface area contributed by atoms with Gasteiger partial charge in [-0.1, -0.05) is 11.8 Å². The number of aryl methyl sites for hydroxylation is 1. The monoisotopic (exact) mass is 404 g/mol. The highest BCUT2D eigenvalue weighted by Gasteiger charge is 2.31. The summed E-state index contributed by atoms with van der Waals surface area (Å²) in [5, 5.41) is 11.4. The molecule has 1 aromatic heterocycles. The number of carbonyl (C=O) groups excluding carboxylic acids is 2. The van der Waals surface area contributed by atoms with E-state index in [0.717, 1.165) is 10.8 Å². The zero-order valence-electron chi connectivity index (χ0n) is 15.3. The molecule has 1 saturated heterocycles. The van der Waals surface area contributed by atoms with Crippen LogP contribution in [0.5, 0.6) is 11.5 Å². The maximum atomic E-state index is 12.6. The third-order valence-corrected chi connectivity index (χ3v) is 5.46. The van der Waals surface area contributed by atoms with Crippen molar-refractivity contribution >= 4 is 29.4 Å². The Bertz CT molecular complexity index is 888. The number of aromatic nitrogens is 3. The summed E-state index contributed by atoms with van der Waals surface area (Å²) in [5.41, 5.74) is 0.734. The predicted octanol–water partition coefficient (Wildman–Crippen LogP) is 0.694. The molecular formula is C17H20N6O4S. The molecule has 2 aliphatic heterocycles. The third kappa shape index (κ3) is 3.84. The summed E-state index contributed by atoms with van der Waals surface area (Å²) >= 11 is 1.51. The molecule has 1 aromatic carbocycles. The Morgan fingerprint density at radius 2 is 2.14 bits per heavy atom. The lowest BCUT2D eigenvalue weighted by molar-refractivity contribution is -0.121. The number of amides is 3. The van der Waals surface area contributed by atoms with Crippen molar-refractivity contribution in [2.24, 2.45) is 7.05 Å². The van der Waals surface area contributed by atoms with Crippen LogP contribution < -0.4 is 19.7 Å². The van der Waals surface area contributed by atoms with Crippen molar-refractivity contribution < 1.29 is 19.1 Å². The summed E-state index contributed by atoms with van der Waals surface area (Å²) in [4.78, 5) is 28.0. The minimum absolute atomic E-state index is 0.0362. The Kier molecular flexibility index (Phi) is 5.24. The van der Waals surface area contributed by atoms with Crippen molar-refractivity contribution in [2.45, 2.75) is 5.16 Å². The Morgan fingerprint density at radius 3 is 2.96 bits per heavy atom. The second kappa shape index (κ2) is 7.97. The maximum Gasteiger partial charge on any atom is 0.325 e. The molecule has 0 spiro atoms. The van der Waals surface area contributed by atoms with Crippen LogP contribution in [0.1, 0.15) is 0 Å². The number of nitrogens with one attached hydrogen (secondary N) is 1. The van der Waals surface area contributed by atoms with Gasteiger partial charge in [-0.3, -0.25) is 9.69 Å². The van der Waals surface area contributed by atoms with Crippen LogP contribution in [0, 0.1) is 0 Å². The molecule has 3 amide bonds. The molecule has 0 atom stereocenters. The van der Waals surface area contributed by atoms with Gasteiger partial charge in [-0.05, 0) is 12.1 Å². The van der Waals surface area contributed by atoms with E-state index in [-0.39, 0.29) is 25.3 Å². The van der Waals surface area contributed by atoms with Gasteiger partial charge < -0.3 is 24.3 Å². The van der Waals surface area contributed by atoms with Gasteiger partial charge >= 0.3 is 6.03 Å². The van der Waals surface area contributed by atoms with Crippen LogP contribution in [0.15, 0.2) is 29.7 Å². The molecule has 148 valence electrons. The normalized spacial score (nSPS) is 15.4. The molecule has 28 heavy (non-hydrogen) atoms. The Hall–Kier alpha value is -2.95. The highest BCUT2D eigenvalue weighted by molar-refractivity contribution is 7.99. The van der Waals surface area contributed by atoms with Crippen LogP contribution in [-0.2, 0) is 11.8 Å². The number of urea groups is 1. The number of carbonyl (C=O) groups is 2. The van der Waals surface area contributed by atoms with Crippen LogP contribution in [0.25, 0.3) is 0 Å². The standard InChI is InChI=1S/C17H20N6O4S/c1-21-10-19-20-16(21)28-7-4-18-15(24)9-22-5-6-23(17(22)25)12-2-3-13-14(8-12)27-11-26-13/h2-3,8,10H,4-7,9,11H2,1H3,(H,18,24). The number of thioether (sulfide) groups is 1. The van der Waals surface area contributed by atoms with Gasteiger partial charge in [-0.15, -0.1) is 10.2 Å². The summed E-state index contributed by atoms with van der Waals surface area (Å²) in [5.74, 6) is 1.79. The highest BCUT2D eigenvalue weighted by Crippen LogP contribution is 2.36. The molecule has 0 unspecified atom stereocenters. The Labute approximate surface area is 165 Å². The van der Waals surface area contributed by atoms with Gasteiger partial charge in [-0.25, -0.2) is 4.79 Å². The number of anilines is 1. The number of hydrogen-bond acceptors (Lipinski definition) is 7. The molecule has 2 aliphatic rings. The smallest absolute Gasteiger partial charge is 0.325 e. The lowest BCUT2D eigenvalue weighted by Crippen LogP contribution is -2.40. The van der Waals surface area contributed by atoms with E-state index in [0.29, 0.717) is 36.9 Å². The molecule has 11 heteroatoms. The van der Waals surface area contributed by atoms with Gasteiger partial charge in [0.2, 0.25) is 12.7 Å². The van der Waals surface area contributed by atoms with Crippen LogP contribution in [0.2, 0.25) is 0 Å². The van der Waals surface area contributed by atoms with E-state index in [4.69, 9.17) is 9.47 Å². The summed E-state index contributed by atoms with van der Waals surface area (Å²) in [6.45, 7) is 1.73. The molecule has 2 aromatic rings. The lowest BCUT2D eigenvalue weighted by Gasteiger charge is -2.18. The number of ether oxygens (including phenoxy) is 2. The van der Waals surface area contributed by atoms with E-state index in [2.05, 4.69) is 15.5 Å². The van der Waals surface area contributed by atoms with Crippen molar-refractivity contribution in [3.05, 3.63) is 24.5 Å². The van der Waals surface area contributed by atoms with E-state index < -0.39 is 0 Å². The lowest BCUT2D eigenvalue weighted by atomic mass is 10.2. The largest absolute Gasteiger partial charge is 0.454 e. The minimum atomic E-state index is -0.192. The van der Waals surface area contributed by atoms with Gasteiger partial charge in [0.25, 0.3) is 0 Å². The Morgan fingerprint density at radius 1 is 1.29 bits per heavy atom. The zero-order chi connectivity index (χ0) is 19.5. The van der Waals surface area contributed by atoms with Gasteiger partial charge in [0.15, 0.2) is 16.7 Å². The molecule has 0 bridgehead atoms. The van der Waals surface area contributed by atoms with E-state index in [9.17, 15) is 9.59 Å². The third-order valence-electron chi connectivity index (χ3n) is 4.42. The van der Waals surface area contributed by atoms with E-state index >= 15 is 0 Å². The second-order valence-electron chi connectivity index (χ2n) is 6.32. The van der Waals surface area contributed by atoms with Crippen molar-refractivity contribution in [2.75, 3.05) is 43.6 Å². The number of hydrogen-bond donors (Lipinski definition) is 1. The van der Waals surface area contributed by atoms with Gasteiger partial charge in [0.05, 0.1) is 0 Å². The maximum absolute atomic E-state index is 12.6. The molecule has 0 radical (unpaired) electrons. The molecule has 1 N–H and O–H groups in total. The fraction of sp³-hybridized carbons (Fsp3) is 0.412. The summed E-state index contributed by atoms with van der Waals surface area (Å²) in [6, 6.07) is 5.20. The molecular weight excluding hydrogens is 384 g/mol. The average molecular weight is 404 g/mol. The minimum Gasteiger partial charge on any atom is -0.454 e. The summed E-state index contributed by atoms with van der Waals surface area (Å²) in [7, 11) is 1.87. The van der Waals surface area contributed by atoms with Crippen LogP contribution >= 0.6 is 11.8 Å². The highest BCUT2D eigenvalue weighted by atomic mass is 32.2. The molecule has 1 fully saturated rings. The fourth-order valence-corrected chi connectivity index (χ4v) is 3.73. The number of fused-ring (bicyclic) bond motifs is 1. The first-order chi connectivity index (χ1) is 13.6. The number of benzene rings is 1. The predicted molar refractivity (Wildman–Crippen MR) is 102 cm³/mol. The van der Waals surface area contributed by atoms with Crippen molar-refractivity contribution in [1.82, 2.24) is 25.0 Å². The average Bonchev–Trinajstić information content (AvgIpc) is 3.40. The first kappa shape index (κ1) is 18.4. The van der Waals surface area contributed by atoms with Crippen LogP contribution in [0.3, 0.4) is 0 Å².